The van der Waals surface area contributed by atoms with Gasteiger partial charge in [-0.3, -0.25) is 0 Å². The van der Waals surface area contributed by atoms with E-state index in [0.29, 0.717) is 58.9 Å². The number of anilines is 3. The van der Waals surface area contributed by atoms with E-state index in [0.717, 1.165) is 18.6 Å². The van der Waals surface area contributed by atoms with Crippen LogP contribution in [0.5, 0.6) is 0 Å². The molecule has 0 amide bonds. The van der Waals surface area contributed by atoms with Gasteiger partial charge in [0.15, 0.2) is 0 Å². The highest BCUT2D eigenvalue weighted by molar-refractivity contribution is 6.41. The molecule has 0 saturated carbocycles. The summed E-state index contributed by atoms with van der Waals surface area (Å²) in [6, 6.07) is 3.99. The maximum Gasteiger partial charge on any atom is 0.416 e. The van der Waals surface area contributed by atoms with Gasteiger partial charge in [-0.2, -0.15) is 13.2 Å². The van der Waals surface area contributed by atoms with Crippen molar-refractivity contribution in [1.29, 1.82) is 0 Å². The third-order valence-corrected chi connectivity index (χ3v) is 5.92. The third-order valence-electron chi connectivity index (χ3n) is 5.92. The summed E-state index contributed by atoms with van der Waals surface area (Å²) in [5.74, 6) is -0.676. The van der Waals surface area contributed by atoms with Crippen LogP contribution in [0.25, 0.3) is 11.4 Å². The molecule has 0 spiro atoms. The second-order valence-corrected chi connectivity index (χ2v) is 8.49. The van der Waals surface area contributed by atoms with Crippen LogP contribution in [-0.2, 0) is 12.7 Å². The Balaban J connectivity index is 1.84. The molecule has 0 bridgehead atoms. The van der Waals surface area contributed by atoms with Crippen LogP contribution in [-0.4, -0.2) is 32.9 Å². The van der Waals surface area contributed by atoms with Gasteiger partial charge in [0, 0.05) is 46.9 Å². The van der Waals surface area contributed by atoms with Gasteiger partial charge in [-0.1, -0.05) is 26.7 Å². The monoisotopic (exact) mass is 480 g/mol. The fraction of sp³-hybridized carbons (Fsp3) is 0.250. The van der Waals surface area contributed by atoms with Crippen molar-refractivity contribution in [2.45, 2.75) is 31.6 Å². The lowest BCUT2D eigenvalue weighted by Gasteiger charge is -2.36. The minimum absolute atomic E-state index is 0.0499. The molecular formula is C24H22B2F4N4O. The van der Waals surface area contributed by atoms with E-state index in [1.54, 1.807) is 6.07 Å². The highest BCUT2D eigenvalue weighted by atomic mass is 19.4. The van der Waals surface area contributed by atoms with Gasteiger partial charge in [0.05, 0.1) is 22.5 Å². The first-order valence-electron chi connectivity index (χ1n) is 10.8. The summed E-state index contributed by atoms with van der Waals surface area (Å²) in [7, 11) is 11.7. The number of nitrogens with zero attached hydrogens (tertiary/aromatic N) is 2. The van der Waals surface area contributed by atoms with Gasteiger partial charge < -0.3 is 25.5 Å². The summed E-state index contributed by atoms with van der Waals surface area (Å²) in [6.45, 7) is 14.7. The molecule has 2 aromatic rings. The number of aliphatic hydroxyl groups is 1. The molecule has 4 rings (SSSR count). The highest BCUT2D eigenvalue weighted by Gasteiger charge is 2.41. The van der Waals surface area contributed by atoms with Crippen molar-refractivity contribution in [3.8, 4) is 0 Å². The molecule has 4 radical (unpaired) electrons. The first-order chi connectivity index (χ1) is 16.2. The van der Waals surface area contributed by atoms with Crippen LogP contribution < -0.4 is 20.4 Å². The van der Waals surface area contributed by atoms with Gasteiger partial charge in [-0.25, -0.2) is 4.39 Å². The van der Waals surface area contributed by atoms with Gasteiger partial charge in [0.2, 0.25) is 0 Å². The van der Waals surface area contributed by atoms with Gasteiger partial charge in [-0.15, -0.1) is 0 Å². The van der Waals surface area contributed by atoms with E-state index >= 15 is 0 Å². The van der Waals surface area contributed by atoms with Crippen LogP contribution in [0.2, 0.25) is 0 Å². The lowest BCUT2D eigenvalue weighted by molar-refractivity contribution is -0.137. The van der Waals surface area contributed by atoms with E-state index < -0.39 is 23.1 Å². The summed E-state index contributed by atoms with van der Waals surface area (Å²) in [6.07, 6.45) is -3.98. The summed E-state index contributed by atoms with van der Waals surface area (Å²) in [5.41, 5.74) is 0.130. The Morgan fingerprint density at radius 2 is 1.89 bits per heavy atom. The lowest BCUT2D eigenvalue weighted by atomic mass is 9.71. The maximum atomic E-state index is 14.0. The van der Waals surface area contributed by atoms with Crippen molar-refractivity contribution in [2.24, 2.45) is 0 Å². The lowest BCUT2D eigenvalue weighted by Crippen LogP contribution is -2.50. The number of fused-ring (bicyclic) bond motifs is 3. The predicted molar refractivity (Wildman–Crippen MR) is 132 cm³/mol. The van der Waals surface area contributed by atoms with E-state index in [4.69, 9.17) is 15.7 Å². The van der Waals surface area contributed by atoms with E-state index in [-0.39, 0.29) is 11.3 Å². The average molecular weight is 480 g/mol. The van der Waals surface area contributed by atoms with E-state index in [1.807, 2.05) is 11.8 Å². The van der Waals surface area contributed by atoms with E-state index in [9.17, 15) is 22.7 Å². The SMILES string of the molecule is [B]C([B])(O)N1C(=C)N(CCC)c2cc(NC(=C)c3cc(F)cc(C(F)(F)F)c3)c3c(c21)C(=C)NC3. The van der Waals surface area contributed by atoms with Crippen LogP contribution >= 0.6 is 0 Å². The zero-order valence-electron chi connectivity index (χ0n) is 19.1. The molecule has 0 unspecified atom stereocenters. The van der Waals surface area contributed by atoms with Gasteiger partial charge >= 0.3 is 6.18 Å². The molecule has 0 aliphatic carbocycles. The molecule has 2 aliphatic heterocycles. The fourth-order valence-electron chi connectivity index (χ4n) is 4.44. The fourth-order valence-corrected chi connectivity index (χ4v) is 4.44. The number of hydrogen-bond donors (Lipinski definition) is 3. The maximum absolute atomic E-state index is 14.0. The molecule has 5 nitrogen and oxygen atoms in total. The molecule has 2 aliphatic rings. The first kappa shape index (κ1) is 24.8. The molecule has 2 aromatic carbocycles. The second-order valence-electron chi connectivity index (χ2n) is 8.49. The van der Waals surface area contributed by atoms with Gasteiger partial charge in [0.1, 0.15) is 27.3 Å². The van der Waals surface area contributed by atoms with Gasteiger partial charge in [-0.05, 0) is 30.7 Å². The number of nitrogens with one attached hydrogen (secondary N) is 2. The van der Waals surface area contributed by atoms with Crippen LogP contribution in [0.3, 0.4) is 0 Å². The number of hydrogen-bond acceptors (Lipinski definition) is 5. The Morgan fingerprint density at radius 1 is 1.20 bits per heavy atom. The zero-order chi connectivity index (χ0) is 25.9. The predicted octanol–water partition coefficient (Wildman–Crippen LogP) is 4.45. The van der Waals surface area contributed by atoms with Crippen molar-refractivity contribution >= 4 is 44.1 Å². The third kappa shape index (κ3) is 4.29. The minimum Gasteiger partial charge on any atom is -0.389 e. The number of alkyl halides is 3. The quantitative estimate of drug-likeness (QED) is 0.422. The van der Waals surface area contributed by atoms with Crippen LogP contribution in [0.4, 0.5) is 34.6 Å². The molecule has 11 heteroatoms. The van der Waals surface area contributed by atoms with Crippen LogP contribution in [0.15, 0.2) is 49.8 Å². The Kier molecular flexibility index (Phi) is 5.95. The second kappa shape index (κ2) is 8.41. The summed E-state index contributed by atoms with van der Waals surface area (Å²) < 4.78 is 53.6. The van der Waals surface area contributed by atoms with Crippen LogP contribution in [0.1, 0.15) is 35.6 Å². The Labute approximate surface area is 203 Å². The summed E-state index contributed by atoms with van der Waals surface area (Å²) >= 11 is 0. The molecular weight excluding hydrogens is 458 g/mol. The molecule has 2 heterocycles. The molecule has 0 atom stereocenters. The molecule has 178 valence electrons. The van der Waals surface area contributed by atoms with E-state index in [2.05, 4.69) is 30.4 Å². The standard InChI is InChI=1S/C24H22B2F4N4O/c1-5-6-33-14(4)34(24(25,26)35)22-20(33)10-19(18-11-31-13(3)21(18)22)32-12(2)15-7-16(23(28,29)30)9-17(27)8-15/h7-10,31-32,35H,2-6,11H2,1H3. The number of benzene rings is 2. The van der Waals surface area contributed by atoms with Crippen molar-refractivity contribution in [2.75, 3.05) is 21.7 Å². The van der Waals surface area contributed by atoms with Crippen molar-refractivity contribution in [1.82, 2.24) is 5.32 Å². The van der Waals surface area contributed by atoms with Crippen molar-refractivity contribution < 1.29 is 22.7 Å². The van der Waals surface area contributed by atoms with Crippen LogP contribution in [0, 0.1) is 5.82 Å². The molecule has 3 N–H and O–H groups in total. The smallest absolute Gasteiger partial charge is 0.389 e. The Bertz CT molecular complexity index is 1250. The molecule has 0 saturated heterocycles. The molecule has 35 heavy (non-hydrogen) atoms. The zero-order valence-corrected chi connectivity index (χ0v) is 19.1. The summed E-state index contributed by atoms with van der Waals surface area (Å²) in [5, 5.41) is 16.7. The largest absolute Gasteiger partial charge is 0.416 e. The Hall–Kier alpha value is -3.33. The number of rotatable bonds is 6. The Morgan fingerprint density at radius 3 is 2.49 bits per heavy atom. The molecule has 0 aromatic heterocycles. The molecule has 0 fully saturated rings. The number of halogens is 4. The van der Waals surface area contributed by atoms with Crippen molar-refractivity contribution in [3.63, 3.8) is 0 Å². The average Bonchev–Trinajstić information content (AvgIpc) is 3.25. The highest BCUT2D eigenvalue weighted by Crippen LogP contribution is 2.52. The van der Waals surface area contributed by atoms with Gasteiger partial charge in [0.25, 0.3) is 0 Å². The normalized spacial score (nSPS) is 15.3. The topological polar surface area (TPSA) is 50.8 Å². The van der Waals surface area contributed by atoms with Crippen molar-refractivity contribution in [3.05, 3.63) is 77.9 Å². The first-order valence-corrected chi connectivity index (χ1v) is 10.8. The van der Waals surface area contributed by atoms with E-state index in [1.165, 1.54) is 4.90 Å². The summed E-state index contributed by atoms with van der Waals surface area (Å²) in [4.78, 5) is 3.14. The minimum atomic E-state index is -4.71.